The summed E-state index contributed by atoms with van der Waals surface area (Å²) in [5.74, 6) is 0.845. The van der Waals surface area contributed by atoms with Crippen molar-refractivity contribution < 1.29 is 4.39 Å². The molecule has 3 aromatic heterocycles. The lowest BCUT2D eigenvalue weighted by Gasteiger charge is -2.41. The third-order valence-electron chi connectivity index (χ3n) is 9.37. The molecule has 0 radical (unpaired) electrons. The number of nitrogens with one attached hydrogen (secondary N) is 1. The van der Waals surface area contributed by atoms with Gasteiger partial charge in [-0.05, 0) is 69.0 Å². The van der Waals surface area contributed by atoms with Gasteiger partial charge < -0.3 is 25.1 Å². The highest BCUT2D eigenvalue weighted by Crippen LogP contribution is 2.39. The monoisotopic (exact) mass is 567 g/mol. The van der Waals surface area contributed by atoms with Gasteiger partial charge in [-0.15, -0.1) is 0 Å². The van der Waals surface area contributed by atoms with E-state index >= 15 is 0 Å². The Labute approximate surface area is 245 Å². The van der Waals surface area contributed by atoms with Gasteiger partial charge in [-0.1, -0.05) is 18.2 Å². The van der Waals surface area contributed by atoms with E-state index in [9.17, 15) is 4.39 Å². The first kappa shape index (κ1) is 26.9. The predicted octanol–water partition coefficient (Wildman–Crippen LogP) is 5.49. The molecular formula is C32H38FN9. The average Bonchev–Trinajstić information content (AvgIpc) is 3.55. The molecule has 9 nitrogen and oxygen atoms in total. The number of hydrogen-bond donors (Lipinski definition) is 2. The highest BCUT2D eigenvalue weighted by molar-refractivity contribution is 6.00. The Bertz CT molecular complexity index is 1740. The molecule has 1 aliphatic carbocycles. The molecule has 2 fully saturated rings. The second kappa shape index (κ2) is 10.7. The number of aryl methyl sites for hydroxylation is 2. The maximum absolute atomic E-state index is 14.8. The number of likely N-dealkylation sites (N-methyl/N-ethyl adjacent to an activating group) is 1. The molecule has 1 saturated heterocycles. The van der Waals surface area contributed by atoms with Crippen LogP contribution in [0, 0.1) is 12.7 Å². The minimum atomic E-state index is -0.241. The van der Waals surface area contributed by atoms with Gasteiger partial charge in [-0.25, -0.2) is 19.3 Å². The fourth-order valence-corrected chi connectivity index (χ4v) is 6.83. The van der Waals surface area contributed by atoms with E-state index in [1.54, 1.807) is 23.9 Å². The van der Waals surface area contributed by atoms with Crippen molar-refractivity contribution in [3.05, 3.63) is 60.3 Å². The summed E-state index contributed by atoms with van der Waals surface area (Å²) in [5.41, 5.74) is 12.0. The molecule has 0 bridgehead atoms. The number of anilines is 3. The number of nitrogens with zero attached hydrogens (tertiary/aromatic N) is 7. The van der Waals surface area contributed by atoms with Crippen LogP contribution in [0.5, 0.6) is 0 Å². The molecule has 0 amide bonds. The van der Waals surface area contributed by atoms with Crippen LogP contribution in [0.4, 0.5) is 21.8 Å². The van der Waals surface area contributed by atoms with E-state index in [1.165, 1.54) is 25.9 Å². The van der Waals surface area contributed by atoms with E-state index in [2.05, 4.69) is 55.0 Å². The fourth-order valence-electron chi connectivity index (χ4n) is 6.83. The number of nitrogen functional groups attached to an aromatic ring is 1. The van der Waals surface area contributed by atoms with Gasteiger partial charge in [0.25, 0.3) is 0 Å². The van der Waals surface area contributed by atoms with E-state index in [1.807, 2.05) is 25.2 Å². The quantitative estimate of drug-likeness (QED) is 0.290. The van der Waals surface area contributed by atoms with Crippen LogP contribution in [0.15, 0.2) is 48.9 Å². The number of imidazole rings is 1. The number of piperazine rings is 1. The Hall–Kier alpha value is -4.02. The number of halogens is 1. The Morgan fingerprint density at radius 2 is 1.62 bits per heavy atom. The van der Waals surface area contributed by atoms with E-state index in [0.717, 1.165) is 53.8 Å². The topological polar surface area (TPSA) is 93.1 Å². The zero-order valence-corrected chi connectivity index (χ0v) is 24.5. The van der Waals surface area contributed by atoms with Crippen LogP contribution in [-0.4, -0.2) is 73.2 Å². The van der Waals surface area contributed by atoms with Gasteiger partial charge >= 0.3 is 0 Å². The number of fused-ring (bicyclic) bond motifs is 2. The SMILES string of the molecule is Cc1ccc2nc(Nc3ccc(-c4cn([C@H]5CC[C@@H](N6CCN(C)CC6)CC5)c5ncnc(N)c45)cc3)n(C)c2c1F. The van der Waals surface area contributed by atoms with Crippen molar-refractivity contribution in [2.75, 3.05) is 44.3 Å². The summed E-state index contributed by atoms with van der Waals surface area (Å²) in [6.07, 6.45) is 8.46. The number of benzene rings is 2. The minimum Gasteiger partial charge on any atom is -0.383 e. The van der Waals surface area contributed by atoms with Crippen molar-refractivity contribution in [1.82, 2.24) is 33.9 Å². The summed E-state index contributed by atoms with van der Waals surface area (Å²) in [4.78, 5) is 18.8. The van der Waals surface area contributed by atoms with Crippen LogP contribution < -0.4 is 11.1 Å². The maximum atomic E-state index is 14.8. The number of rotatable bonds is 5. The lowest BCUT2D eigenvalue weighted by atomic mass is 9.89. The van der Waals surface area contributed by atoms with Gasteiger partial charge in [0, 0.05) is 62.8 Å². The molecule has 3 N–H and O–H groups in total. The van der Waals surface area contributed by atoms with Gasteiger partial charge in [0.15, 0.2) is 5.82 Å². The third-order valence-corrected chi connectivity index (χ3v) is 9.37. The average molecular weight is 568 g/mol. The number of nitrogens with two attached hydrogens (primary N) is 1. The molecular weight excluding hydrogens is 529 g/mol. The maximum Gasteiger partial charge on any atom is 0.208 e. The number of aromatic nitrogens is 5. The Kier molecular flexibility index (Phi) is 6.82. The van der Waals surface area contributed by atoms with Gasteiger partial charge in [-0.2, -0.15) is 0 Å². The van der Waals surface area contributed by atoms with Crippen LogP contribution >= 0.6 is 0 Å². The number of hydrogen-bond acceptors (Lipinski definition) is 7. The van der Waals surface area contributed by atoms with Crippen LogP contribution in [-0.2, 0) is 7.05 Å². The zero-order chi connectivity index (χ0) is 29.0. The van der Waals surface area contributed by atoms with Gasteiger partial charge in [0.1, 0.15) is 23.3 Å². The molecule has 42 heavy (non-hydrogen) atoms. The first-order valence-corrected chi connectivity index (χ1v) is 14.9. The van der Waals surface area contributed by atoms with Crippen LogP contribution in [0.3, 0.4) is 0 Å². The second-order valence-corrected chi connectivity index (χ2v) is 12.0. The lowest BCUT2D eigenvalue weighted by Crippen LogP contribution is -2.49. The first-order valence-electron chi connectivity index (χ1n) is 14.9. The van der Waals surface area contributed by atoms with Crippen molar-refractivity contribution in [3.8, 4) is 11.1 Å². The molecule has 5 aromatic rings. The molecule has 7 rings (SSSR count). The molecule has 0 atom stereocenters. The van der Waals surface area contributed by atoms with Crippen LogP contribution in [0.25, 0.3) is 33.2 Å². The Balaban J connectivity index is 1.13. The molecule has 2 aromatic carbocycles. The summed E-state index contributed by atoms with van der Waals surface area (Å²) in [7, 11) is 4.04. The van der Waals surface area contributed by atoms with Crippen molar-refractivity contribution in [2.45, 2.75) is 44.7 Å². The molecule has 10 heteroatoms. The van der Waals surface area contributed by atoms with Gasteiger partial charge in [0.2, 0.25) is 5.95 Å². The predicted molar refractivity (Wildman–Crippen MR) is 166 cm³/mol. The van der Waals surface area contributed by atoms with Crippen molar-refractivity contribution in [1.29, 1.82) is 0 Å². The van der Waals surface area contributed by atoms with Gasteiger partial charge in [-0.3, -0.25) is 4.90 Å². The summed E-state index contributed by atoms with van der Waals surface area (Å²) in [6, 6.07) is 12.9. The van der Waals surface area contributed by atoms with Crippen molar-refractivity contribution >= 4 is 39.5 Å². The Morgan fingerprint density at radius 1 is 0.905 bits per heavy atom. The van der Waals surface area contributed by atoms with Crippen molar-refractivity contribution in [2.24, 2.45) is 7.05 Å². The summed E-state index contributed by atoms with van der Waals surface area (Å²) >= 11 is 0. The largest absolute Gasteiger partial charge is 0.383 e. The fraction of sp³-hybridized carbons (Fsp3) is 0.406. The van der Waals surface area contributed by atoms with E-state index < -0.39 is 0 Å². The highest BCUT2D eigenvalue weighted by atomic mass is 19.1. The molecule has 1 saturated carbocycles. The molecule has 2 aliphatic rings. The third kappa shape index (κ3) is 4.68. The molecule has 1 aliphatic heterocycles. The van der Waals surface area contributed by atoms with Gasteiger partial charge in [0.05, 0.1) is 10.9 Å². The summed E-state index contributed by atoms with van der Waals surface area (Å²) in [5, 5.41) is 4.25. The summed E-state index contributed by atoms with van der Waals surface area (Å²) < 4.78 is 18.8. The smallest absolute Gasteiger partial charge is 0.208 e. The molecule has 0 spiro atoms. The molecule has 4 heterocycles. The van der Waals surface area contributed by atoms with E-state index in [4.69, 9.17) is 10.7 Å². The van der Waals surface area contributed by atoms with E-state index in [-0.39, 0.29) is 5.82 Å². The minimum absolute atomic E-state index is 0.241. The summed E-state index contributed by atoms with van der Waals surface area (Å²) in [6.45, 7) is 6.43. The normalized spacial score (nSPS) is 20.5. The second-order valence-electron chi connectivity index (χ2n) is 12.0. The van der Waals surface area contributed by atoms with Crippen LogP contribution in [0.2, 0.25) is 0 Å². The first-order chi connectivity index (χ1) is 20.4. The standard InChI is InChI=1S/C32H38FN9/c1-20-4-13-26-29(28(20)33)40(3)32(38-26)37-22-7-5-21(6-8-22)25-18-42(31-27(25)30(34)35-19-36-31)24-11-9-23(10-12-24)41-16-14-39(2)15-17-41/h4-8,13,18-19,23-24H,9-12,14-17H2,1-3H3,(H,37,38)(H2,34,35,36)/t23-,24+. The van der Waals surface area contributed by atoms with Crippen molar-refractivity contribution in [3.63, 3.8) is 0 Å². The lowest BCUT2D eigenvalue weighted by molar-refractivity contribution is 0.0828. The van der Waals surface area contributed by atoms with E-state index in [0.29, 0.717) is 40.4 Å². The molecule has 218 valence electrons. The van der Waals surface area contributed by atoms with Crippen LogP contribution in [0.1, 0.15) is 37.3 Å². The Morgan fingerprint density at radius 3 is 2.36 bits per heavy atom. The highest BCUT2D eigenvalue weighted by Gasteiger charge is 2.30. The zero-order valence-electron chi connectivity index (χ0n) is 24.5. The molecule has 0 unspecified atom stereocenters.